The fourth-order valence-electron chi connectivity index (χ4n) is 9.39. The van der Waals surface area contributed by atoms with Gasteiger partial charge in [0.05, 0.1) is 59.8 Å². The zero-order chi connectivity index (χ0) is 29.0. The van der Waals surface area contributed by atoms with Gasteiger partial charge in [0, 0.05) is 32.1 Å². The number of ketones is 1. The van der Waals surface area contributed by atoms with E-state index in [0.717, 1.165) is 5.56 Å². The minimum Gasteiger partial charge on any atom is -0.472 e. The third-order valence-electron chi connectivity index (χ3n) is 10.8. The zero-order valence-electron chi connectivity index (χ0n) is 23.2. The highest BCUT2D eigenvalue weighted by molar-refractivity contribution is 5.96. The van der Waals surface area contributed by atoms with Gasteiger partial charge < -0.3 is 38.7 Å². The lowest BCUT2D eigenvalue weighted by molar-refractivity contribution is -0.275. The van der Waals surface area contributed by atoms with Crippen LogP contribution in [0.1, 0.15) is 58.9 Å². The van der Waals surface area contributed by atoms with Gasteiger partial charge in [0.15, 0.2) is 11.9 Å². The standard InChI is InChI=1S/C29H36O11/c1-14(32)37-22-10-19-18(25(3,4)40-22)8-20(34)28(13-31)27(19,12-30)23(35)24(38-15(2)33)26(5)17(16-6-7-36-11-16)9-21-29(26,28)39-21/h6-8,11,17,19-22,24,30-31,34H,9-10,12-13H2,1-5H3/t17-,19+,20+,21-,22+,24+,26+,27-,28+,29+/m1/s1. The highest BCUT2D eigenvalue weighted by Gasteiger charge is 2.94. The molecule has 0 radical (unpaired) electrons. The average molecular weight is 561 g/mol. The number of aliphatic hydroxyl groups excluding tert-OH is 3. The zero-order valence-corrected chi connectivity index (χ0v) is 23.2. The molecule has 0 unspecified atom stereocenters. The van der Waals surface area contributed by atoms with E-state index >= 15 is 4.79 Å². The summed E-state index contributed by atoms with van der Waals surface area (Å²) in [6, 6.07) is 1.78. The first-order valence-corrected chi connectivity index (χ1v) is 13.7. The van der Waals surface area contributed by atoms with Crippen LogP contribution in [0.5, 0.6) is 0 Å². The number of esters is 2. The smallest absolute Gasteiger partial charge is 0.304 e. The Morgan fingerprint density at radius 1 is 1.02 bits per heavy atom. The number of Topliss-reactive ketones (excluding diaryl/α,β-unsaturated/α-hetero) is 1. The van der Waals surface area contributed by atoms with Crippen molar-refractivity contribution in [3.05, 3.63) is 35.8 Å². The Hall–Kier alpha value is -2.57. The van der Waals surface area contributed by atoms with Crippen LogP contribution in [0.15, 0.2) is 34.7 Å². The molecule has 4 fully saturated rings. The maximum atomic E-state index is 15.1. The predicted octanol–water partition coefficient (Wildman–Crippen LogP) is 1.39. The first kappa shape index (κ1) is 27.6. The fourth-order valence-corrected chi connectivity index (χ4v) is 9.39. The molecule has 5 aliphatic rings. The molecule has 0 bridgehead atoms. The van der Waals surface area contributed by atoms with Crippen LogP contribution in [0.2, 0.25) is 0 Å². The van der Waals surface area contributed by atoms with E-state index < -0.39 is 88.9 Å². The normalized spacial score (nSPS) is 46.3. The summed E-state index contributed by atoms with van der Waals surface area (Å²) in [6.45, 7) is 6.23. The van der Waals surface area contributed by atoms with Crippen LogP contribution >= 0.6 is 0 Å². The lowest BCUT2D eigenvalue weighted by Crippen LogP contribution is -2.81. The number of epoxide rings is 1. The molecule has 3 heterocycles. The number of furan rings is 1. The highest BCUT2D eigenvalue weighted by Crippen LogP contribution is 2.82. The first-order valence-electron chi connectivity index (χ1n) is 13.7. The molecule has 0 aromatic carbocycles. The molecule has 10 atom stereocenters. The SMILES string of the molecule is CC(=O)O[C@@H]1C[C@H]2C(=C[C@H](O)[C@]3(CO)[C@]45O[C@@H]4C[C@H](c4ccoc4)[C@@]5(C)[C@@H](OC(C)=O)C(=O)[C@@]23CO)C(C)(C)O1. The Kier molecular flexibility index (Phi) is 5.85. The highest BCUT2D eigenvalue weighted by atomic mass is 16.7. The molecule has 2 saturated heterocycles. The van der Waals surface area contributed by atoms with Crippen molar-refractivity contribution in [1.29, 1.82) is 0 Å². The van der Waals surface area contributed by atoms with Crippen LogP contribution in [0, 0.1) is 22.2 Å². The van der Waals surface area contributed by atoms with Gasteiger partial charge in [0.25, 0.3) is 0 Å². The molecule has 0 amide bonds. The number of aliphatic hydroxyl groups is 3. The Balaban J connectivity index is 1.63. The topological polar surface area (TPSA) is 165 Å². The van der Waals surface area contributed by atoms with Gasteiger partial charge in [-0.2, -0.15) is 0 Å². The predicted molar refractivity (Wildman–Crippen MR) is 134 cm³/mol. The molecule has 218 valence electrons. The molecular formula is C29H36O11. The molecule has 2 aliphatic heterocycles. The second-order valence-corrected chi connectivity index (χ2v) is 12.6. The molecule has 1 aromatic rings. The lowest BCUT2D eigenvalue weighted by atomic mass is 9.35. The number of ether oxygens (including phenoxy) is 4. The van der Waals surface area contributed by atoms with E-state index in [4.69, 9.17) is 23.4 Å². The largest absolute Gasteiger partial charge is 0.472 e. The van der Waals surface area contributed by atoms with Gasteiger partial charge in [0.2, 0.25) is 6.29 Å². The molecule has 1 aromatic heterocycles. The maximum Gasteiger partial charge on any atom is 0.304 e. The van der Waals surface area contributed by atoms with E-state index in [0.29, 0.717) is 12.0 Å². The van der Waals surface area contributed by atoms with Gasteiger partial charge in [-0.15, -0.1) is 0 Å². The summed E-state index contributed by atoms with van der Waals surface area (Å²) in [7, 11) is 0. The minimum atomic E-state index is -1.87. The molecule has 3 N–H and O–H groups in total. The monoisotopic (exact) mass is 560 g/mol. The number of rotatable bonds is 5. The molecular weight excluding hydrogens is 524 g/mol. The first-order chi connectivity index (χ1) is 18.8. The van der Waals surface area contributed by atoms with Gasteiger partial charge >= 0.3 is 11.9 Å². The van der Waals surface area contributed by atoms with Crippen molar-refractivity contribution < 1.29 is 53.1 Å². The maximum absolute atomic E-state index is 15.1. The fraction of sp³-hybridized carbons (Fsp3) is 0.690. The number of carbonyl (C=O) groups is 3. The Labute approximate surface area is 231 Å². The summed E-state index contributed by atoms with van der Waals surface area (Å²) in [5, 5.41) is 34.7. The van der Waals surface area contributed by atoms with E-state index in [1.165, 1.54) is 20.1 Å². The summed E-state index contributed by atoms with van der Waals surface area (Å²) in [4.78, 5) is 39.5. The van der Waals surface area contributed by atoms with E-state index in [9.17, 15) is 24.9 Å². The van der Waals surface area contributed by atoms with Crippen LogP contribution in [-0.4, -0.2) is 82.1 Å². The summed E-state index contributed by atoms with van der Waals surface area (Å²) >= 11 is 0. The second-order valence-electron chi connectivity index (χ2n) is 12.6. The van der Waals surface area contributed by atoms with E-state index in [2.05, 4.69) is 0 Å². The van der Waals surface area contributed by atoms with Gasteiger partial charge in [0.1, 0.15) is 5.60 Å². The molecule has 6 rings (SSSR count). The van der Waals surface area contributed by atoms with E-state index in [-0.39, 0.29) is 12.3 Å². The van der Waals surface area contributed by atoms with Crippen molar-refractivity contribution in [2.24, 2.45) is 22.2 Å². The van der Waals surface area contributed by atoms with E-state index in [1.807, 2.05) is 0 Å². The molecule has 11 nitrogen and oxygen atoms in total. The van der Waals surface area contributed by atoms with Crippen LogP contribution < -0.4 is 0 Å². The van der Waals surface area contributed by atoms with E-state index in [1.54, 1.807) is 39.2 Å². The third kappa shape index (κ3) is 2.94. The van der Waals surface area contributed by atoms with Crippen molar-refractivity contribution in [3.63, 3.8) is 0 Å². The summed E-state index contributed by atoms with van der Waals surface area (Å²) in [6.07, 6.45) is 0.698. The third-order valence-corrected chi connectivity index (χ3v) is 10.8. The van der Waals surface area contributed by atoms with Crippen molar-refractivity contribution in [2.45, 2.75) is 89.2 Å². The number of fused-ring (bicyclic) bond motifs is 3. The van der Waals surface area contributed by atoms with Crippen LogP contribution in [0.25, 0.3) is 0 Å². The van der Waals surface area contributed by atoms with Crippen molar-refractivity contribution in [3.8, 4) is 0 Å². The molecule has 11 heteroatoms. The second kappa shape index (κ2) is 8.48. The quantitative estimate of drug-likeness (QED) is 0.271. The molecule has 2 saturated carbocycles. The van der Waals surface area contributed by atoms with Crippen molar-refractivity contribution >= 4 is 17.7 Å². The van der Waals surface area contributed by atoms with Gasteiger partial charge in [-0.1, -0.05) is 13.0 Å². The van der Waals surface area contributed by atoms with Crippen LogP contribution in [0.4, 0.5) is 0 Å². The average Bonchev–Trinajstić information content (AvgIpc) is 3.22. The van der Waals surface area contributed by atoms with Crippen LogP contribution in [-0.2, 0) is 33.3 Å². The van der Waals surface area contributed by atoms with Gasteiger partial charge in [-0.3, -0.25) is 14.4 Å². The number of carbonyl (C=O) groups excluding carboxylic acids is 3. The van der Waals surface area contributed by atoms with Gasteiger partial charge in [-0.05, 0) is 37.5 Å². The Morgan fingerprint density at radius 2 is 1.73 bits per heavy atom. The minimum absolute atomic E-state index is 0.0228. The Morgan fingerprint density at radius 3 is 2.30 bits per heavy atom. The Bertz CT molecular complexity index is 1280. The number of hydrogen-bond donors (Lipinski definition) is 3. The molecule has 1 spiro atoms. The molecule has 40 heavy (non-hydrogen) atoms. The molecule has 3 aliphatic carbocycles. The summed E-state index contributed by atoms with van der Waals surface area (Å²) < 4.78 is 29.2. The van der Waals surface area contributed by atoms with Gasteiger partial charge in [-0.25, -0.2) is 0 Å². The van der Waals surface area contributed by atoms with Crippen molar-refractivity contribution in [2.75, 3.05) is 13.2 Å². The van der Waals surface area contributed by atoms with Crippen LogP contribution in [0.3, 0.4) is 0 Å². The number of hydrogen-bond acceptors (Lipinski definition) is 11. The lowest BCUT2D eigenvalue weighted by Gasteiger charge is -2.68. The summed E-state index contributed by atoms with van der Waals surface area (Å²) in [5.74, 6) is -3.12. The summed E-state index contributed by atoms with van der Waals surface area (Å²) in [5.41, 5.74) is -5.98. The van der Waals surface area contributed by atoms with Crippen molar-refractivity contribution in [1.82, 2.24) is 0 Å².